The Kier molecular flexibility index (Phi) is 7.60. The van der Waals surface area contributed by atoms with Crippen molar-refractivity contribution in [1.29, 1.82) is 0 Å². The molecule has 8 nitrogen and oxygen atoms in total. The summed E-state index contributed by atoms with van der Waals surface area (Å²) < 4.78 is 11.7. The second kappa shape index (κ2) is 11.4. The second-order valence-electron chi connectivity index (χ2n) is 9.32. The molecule has 8 heteroatoms. The smallest absolute Gasteiger partial charge is 0.319 e. The number of para-hydroxylation sites is 3. The Morgan fingerprint density at radius 2 is 1.68 bits per heavy atom. The van der Waals surface area contributed by atoms with Crippen LogP contribution in [0.2, 0.25) is 0 Å². The van der Waals surface area contributed by atoms with Crippen molar-refractivity contribution in [1.82, 2.24) is 10.2 Å². The van der Waals surface area contributed by atoms with Gasteiger partial charge in [0.25, 0.3) is 0 Å². The third kappa shape index (κ3) is 5.35. The standard InChI is InChI=1S/C30H32N4O4/c1-21-27(35)23-11-8-12-24(29(23)38-28(21)22-9-4-3-5-10-22)32-30(36)31-15-16-33-17-19-34(20-18-33)25-13-6-7-14-26(25)37-2/h3-14H,15-20H2,1-2H3,(H2,31,32,36). The number of rotatable bonds is 7. The van der Waals surface area contributed by atoms with Crippen LogP contribution in [0.5, 0.6) is 5.75 Å². The molecule has 1 fully saturated rings. The van der Waals surface area contributed by atoms with E-state index >= 15 is 0 Å². The number of carbonyl (C=O) groups is 1. The van der Waals surface area contributed by atoms with Crippen LogP contribution >= 0.6 is 0 Å². The Labute approximate surface area is 221 Å². The van der Waals surface area contributed by atoms with Gasteiger partial charge in [0.05, 0.1) is 23.9 Å². The van der Waals surface area contributed by atoms with E-state index in [4.69, 9.17) is 9.15 Å². The Morgan fingerprint density at radius 3 is 2.45 bits per heavy atom. The average Bonchev–Trinajstić information content (AvgIpc) is 2.96. The number of fused-ring (bicyclic) bond motifs is 1. The summed E-state index contributed by atoms with van der Waals surface area (Å²) >= 11 is 0. The normalized spacial score (nSPS) is 13.9. The van der Waals surface area contributed by atoms with Crippen molar-refractivity contribution in [2.24, 2.45) is 0 Å². The summed E-state index contributed by atoms with van der Waals surface area (Å²) in [7, 11) is 1.70. The number of hydrogen-bond donors (Lipinski definition) is 2. The maximum absolute atomic E-state index is 13.1. The summed E-state index contributed by atoms with van der Waals surface area (Å²) in [6.07, 6.45) is 0. The van der Waals surface area contributed by atoms with Gasteiger partial charge in [0.2, 0.25) is 0 Å². The number of anilines is 2. The molecule has 0 atom stereocenters. The molecule has 4 aromatic rings. The van der Waals surface area contributed by atoms with Gasteiger partial charge in [-0.2, -0.15) is 0 Å². The Bertz CT molecular complexity index is 1480. The van der Waals surface area contributed by atoms with Gasteiger partial charge < -0.3 is 24.7 Å². The fourth-order valence-electron chi connectivity index (χ4n) is 4.87. The van der Waals surface area contributed by atoms with Gasteiger partial charge in [-0.1, -0.05) is 48.5 Å². The van der Waals surface area contributed by atoms with Gasteiger partial charge in [0.15, 0.2) is 11.0 Å². The highest BCUT2D eigenvalue weighted by molar-refractivity contribution is 5.99. The van der Waals surface area contributed by atoms with E-state index in [0.29, 0.717) is 34.5 Å². The first kappa shape index (κ1) is 25.4. The van der Waals surface area contributed by atoms with Crippen molar-refractivity contribution >= 4 is 28.4 Å². The lowest BCUT2D eigenvalue weighted by Gasteiger charge is -2.36. The molecule has 0 saturated carbocycles. The average molecular weight is 513 g/mol. The molecular formula is C30H32N4O4. The maximum atomic E-state index is 13.1. The van der Waals surface area contributed by atoms with Crippen LogP contribution < -0.4 is 25.7 Å². The minimum absolute atomic E-state index is 0.110. The molecule has 2 heterocycles. The number of carbonyl (C=O) groups excluding carboxylic acids is 1. The highest BCUT2D eigenvalue weighted by atomic mass is 16.5. The number of nitrogens with zero attached hydrogens (tertiary/aromatic N) is 2. The van der Waals surface area contributed by atoms with E-state index in [0.717, 1.165) is 49.7 Å². The number of urea groups is 1. The highest BCUT2D eigenvalue weighted by Gasteiger charge is 2.20. The summed E-state index contributed by atoms with van der Waals surface area (Å²) in [4.78, 5) is 30.4. The molecule has 5 rings (SSSR count). The first-order valence-electron chi connectivity index (χ1n) is 12.8. The number of amides is 2. The topological polar surface area (TPSA) is 87.0 Å². The lowest BCUT2D eigenvalue weighted by Crippen LogP contribution is -2.48. The van der Waals surface area contributed by atoms with Crippen LogP contribution in [0.1, 0.15) is 5.56 Å². The van der Waals surface area contributed by atoms with Crippen molar-refractivity contribution in [3.8, 4) is 17.1 Å². The quantitative estimate of drug-likeness (QED) is 0.373. The van der Waals surface area contributed by atoms with Gasteiger partial charge in [-0.05, 0) is 31.2 Å². The fraction of sp³-hybridized carbons (Fsp3) is 0.267. The number of hydrogen-bond acceptors (Lipinski definition) is 6. The third-order valence-electron chi connectivity index (χ3n) is 6.94. The zero-order chi connectivity index (χ0) is 26.5. The molecule has 0 radical (unpaired) electrons. The first-order chi connectivity index (χ1) is 18.5. The van der Waals surface area contributed by atoms with Gasteiger partial charge in [0, 0.05) is 50.4 Å². The maximum Gasteiger partial charge on any atom is 0.319 e. The molecule has 38 heavy (non-hydrogen) atoms. The fourth-order valence-corrected chi connectivity index (χ4v) is 4.87. The van der Waals surface area contributed by atoms with Gasteiger partial charge >= 0.3 is 6.03 Å². The van der Waals surface area contributed by atoms with Crippen LogP contribution in [-0.4, -0.2) is 57.3 Å². The predicted molar refractivity (Wildman–Crippen MR) is 151 cm³/mol. The van der Waals surface area contributed by atoms with Crippen molar-refractivity contribution in [3.05, 3.63) is 88.6 Å². The summed E-state index contributed by atoms with van der Waals surface area (Å²) in [5.74, 6) is 1.39. The molecule has 1 aromatic heterocycles. The van der Waals surface area contributed by atoms with Gasteiger partial charge in [0.1, 0.15) is 11.5 Å². The molecule has 0 aliphatic carbocycles. The summed E-state index contributed by atoms with van der Waals surface area (Å²) in [6, 6.07) is 22.4. The predicted octanol–water partition coefficient (Wildman–Crippen LogP) is 4.72. The Balaban J connectivity index is 1.19. The molecule has 0 spiro atoms. The summed E-state index contributed by atoms with van der Waals surface area (Å²) in [5, 5.41) is 6.24. The van der Waals surface area contributed by atoms with Crippen molar-refractivity contribution in [2.75, 3.05) is 56.6 Å². The summed E-state index contributed by atoms with van der Waals surface area (Å²) in [5.41, 5.74) is 3.18. The molecule has 1 aliphatic rings. The highest BCUT2D eigenvalue weighted by Crippen LogP contribution is 2.30. The van der Waals surface area contributed by atoms with Crippen molar-refractivity contribution in [3.63, 3.8) is 0 Å². The Morgan fingerprint density at radius 1 is 0.947 bits per heavy atom. The minimum Gasteiger partial charge on any atom is -0.495 e. The van der Waals surface area contributed by atoms with E-state index in [9.17, 15) is 9.59 Å². The van der Waals surface area contributed by atoms with Gasteiger partial charge in [-0.3, -0.25) is 9.69 Å². The van der Waals surface area contributed by atoms with Crippen LogP contribution in [0, 0.1) is 6.92 Å². The molecule has 2 N–H and O–H groups in total. The van der Waals surface area contributed by atoms with Crippen LogP contribution in [0.4, 0.5) is 16.2 Å². The molecule has 1 aliphatic heterocycles. The molecule has 0 bridgehead atoms. The number of ether oxygens (including phenoxy) is 1. The molecular weight excluding hydrogens is 480 g/mol. The number of methoxy groups -OCH3 is 1. The number of piperazine rings is 1. The van der Waals surface area contributed by atoms with Crippen LogP contribution in [0.25, 0.3) is 22.3 Å². The molecule has 196 valence electrons. The summed E-state index contributed by atoms with van der Waals surface area (Å²) in [6.45, 7) is 6.60. The van der Waals surface area contributed by atoms with Crippen LogP contribution in [0.15, 0.2) is 82.0 Å². The van der Waals surface area contributed by atoms with E-state index in [1.165, 1.54) is 0 Å². The molecule has 2 amide bonds. The molecule has 3 aromatic carbocycles. The van der Waals surface area contributed by atoms with Crippen LogP contribution in [-0.2, 0) is 0 Å². The SMILES string of the molecule is COc1ccccc1N1CCN(CCNC(=O)Nc2cccc3c(=O)c(C)c(-c4ccccc4)oc23)CC1. The van der Waals surface area contributed by atoms with E-state index in [2.05, 4.69) is 26.5 Å². The Hall–Kier alpha value is -4.30. The van der Waals surface area contributed by atoms with Gasteiger partial charge in [-0.15, -0.1) is 0 Å². The zero-order valence-electron chi connectivity index (χ0n) is 21.7. The van der Waals surface area contributed by atoms with Crippen molar-refractivity contribution in [2.45, 2.75) is 6.92 Å². The lowest BCUT2D eigenvalue weighted by atomic mass is 10.1. The number of nitrogens with one attached hydrogen (secondary N) is 2. The molecule has 1 saturated heterocycles. The molecule has 0 unspecified atom stereocenters. The van der Waals surface area contributed by atoms with Crippen molar-refractivity contribution < 1.29 is 13.9 Å². The van der Waals surface area contributed by atoms with E-state index < -0.39 is 0 Å². The zero-order valence-corrected chi connectivity index (χ0v) is 21.7. The van der Waals surface area contributed by atoms with Gasteiger partial charge in [-0.25, -0.2) is 4.79 Å². The monoisotopic (exact) mass is 512 g/mol. The number of benzene rings is 3. The van der Waals surface area contributed by atoms with Crippen LogP contribution in [0.3, 0.4) is 0 Å². The van der Waals surface area contributed by atoms with E-state index in [1.54, 1.807) is 32.2 Å². The second-order valence-corrected chi connectivity index (χ2v) is 9.32. The van der Waals surface area contributed by atoms with E-state index in [-0.39, 0.29) is 11.5 Å². The largest absolute Gasteiger partial charge is 0.495 e. The minimum atomic E-state index is -0.338. The third-order valence-corrected chi connectivity index (χ3v) is 6.94. The lowest BCUT2D eigenvalue weighted by molar-refractivity contribution is 0.240. The van der Waals surface area contributed by atoms with E-state index in [1.807, 2.05) is 48.5 Å². The first-order valence-corrected chi connectivity index (χ1v) is 12.8.